The summed E-state index contributed by atoms with van der Waals surface area (Å²) in [5.41, 5.74) is 16.9. The van der Waals surface area contributed by atoms with Crippen LogP contribution in [0.2, 0.25) is 0 Å². The molecule has 4 heteroatoms. The van der Waals surface area contributed by atoms with Crippen LogP contribution in [0.1, 0.15) is 16.7 Å². The number of fused-ring (bicyclic) bond motifs is 4. The van der Waals surface area contributed by atoms with E-state index in [1.54, 1.807) is 0 Å². The average molecular weight is 708 g/mol. The average Bonchev–Trinajstić information content (AvgIpc) is 3.23. The molecule has 262 valence electrons. The molecule has 8 aromatic rings. The van der Waals surface area contributed by atoms with Crippen molar-refractivity contribution in [3.8, 4) is 56.4 Å². The number of aryl methyl sites for hydroxylation is 3. The molecule has 3 nitrogen and oxygen atoms in total. The predicted molar refractivity (Wildman–Crippen MR) is 229 cm³/mol. The van der Waals surface area contributed by atoms with Gasteiger partial charge in [-0.3, -0.25) is 0 Å². The number of rotatable bonds is 6. The number of hydrogen-bond acceptors (Lipinski definition) is 3. The molecule has 10 rings (SSSR count). The molecule has 0 aliphatic carbocycles. The molecule has 0 aromatic heterocycles. The highest BCUT2D eigenvalue weighted by atomic mass is 16.5. The van der Waals surface area contributed by atoms with Crippen molar-refractivity contribution in [1.29, 1.82) is 0 Å². The molecule has 0 bridgehead atoms. The van der Waals surface area contributed by atoms with E-state index in [0.29, 0.717) is 0 Å². The lowest BCUT2D eigenvalue weighted by molar-refractivity contribution is 0.465. The van der Waals surface area contributed by atoms with Gasteiger partial charge in [0, 0.05) is 29.0 Å². The second-order valence-corrected chi connectivity index (χ2v) is 14.7. The summed E-state index contributed by atoms with van der Waals surface area (Å²) < 4.78 is 14.1. The van der Waals surface area contributed by atoms with Crippen LogP contribution in [0.3, 0.4) is 0 Å². The molecule has 2 aliphatic rings. The van der Waals surface area contributed by atoms with Gasteiger partial charge < -0.3 is 14.4 Å². The third kappa shape index (κ3) is 5.78. The molecular weight excluding hydrogens is 669 g/mol. The Labute approximate surface area is 323 Å². The van der Waals surface area contributed by atoms with Crippen LogP contribution >= 0.6 is 0 Å². The van der Waals surface area contributed by atoms with Crippen LogP contribution in [-0.2, 0) is 0 Å². The molecule has 0 radical (unpaired) electrons. The number of benzene rings is 8. The van der Waals surface area contributed by atoms with E-state index >= 15 is 0 Å². The van der Waals surface area contributed by atoms with Gasteiger partial charge in [0.2, 0.25) is 0 Å². The smallest absolute Gasteiger partial charge is 0.260 e. The SMILES string of the molecule is Cc1ccc(C)c(N(c2cc3c4c(c2)Oc2cc(-c5ccccc5)ccc2B4c2ccc(-c4ccccc4)cc2O3)c2cc(-c3ccccc3)ccc2C)c1. The first-order valence-corrected chi connectivity index (χ1v) is 18.9. The molecule has 8 aromatic carbocycles. The van der Waals surface area contributed by atoms with Gasteiger partial charge in [-0.25, -0.2) is 0 Å². The van der Waals surface area contributed by atoms with Gasteiger partial charge in [0.25, 0.3) is 6.71 Å². The highest BCUT2D eigenvalue weighted by Crippen LogP contribution is 2.46. The van der Waals surface area contributed by atoms with Crippen molar-refractivity contribution in [2.45, 2.75) is 20.8 Å². The van der Waals surface area contributed by atoms with Crippen LogP contribution in [0.15, 0.2) is 176 Å². The Balaban J connectivity index is 1.20. The zero-order valence-electron chi connectivity index (χ0n) is 31.1. The minimum Gasteiger partial charge on any atom is -0.458 e. The minimum absolute atomic E-state index is 0.0569. The summed E-state index contributed by atoms with van der Waals surface area (Å²) in [5, 5.41) is 0. The van der Waals surface area contributed by atoms with Crippen LogP contribution < -0.4 is 30.8 Å². The first-order valence-electron chi connectivity index (χ1n) is 18.9. The van der Waals surface area contributed by atoms with E-state index in [0.717, 1.165) is 84.3 Å². The topological polar surface area (TPSA) is 21.7 Å². The second-order valence-electron chi connectivity index (χ2n) is 14.7. The van der Waals surface area contributed by atoms with Crippen LogP contribution in [-0.4, -0.2) is 6.71 Å². The fourth-order valence-corrected chi connectivity index (χ4v) is 8.26. The maximum Gasteiger partial charge on any atom is 0.260 e. The highest BCUT2D eigenvalue weighted by molar-refractivity contribution is 6.98. The molecule has 0 saturated carbocycles. The standard InChI is InChI=1S/C51H38BNO2/c1-33-19-20-34(2)45(27-33)53(46-28-39(22-21-35(46)3)36-13-7-4-8-14-36)42-31-49-51-50(32-42)55-48-30-41(38-17-11-6-12-18-38)24-26-44(48)52(51)43-25-23-40(29-47(43)54-49)37-15-9-5-10-16-37/h4-32H,1-3H3. The van der Waals surface area contributed by atoms with Gasteiger partial charge >= 0.3 is 0 Å². The minimum atomic E-state index is -0.0569. The molecule has 0 N–H and O–H groups in total. The van der Waals surface area contributed by atoms with Crippen molar-refractivity contribution in [3.05, 3.63) is 193 Å². The van der Waals surface area contributed by atoms with Crippen molar-refractivity contribution in [2.75, 3.05) is 4.90 Å². The predicted octanol–water partition coefficient (Wildman–Crippen LogP) is 11.8. The van der Waals surface area contributed by atoms with Crippen LogP contribution in [0.25, 0.3) is 33.4 Å². The van der Waals surface area contributed by atoms with E-state index in [2.05, 4.69) is 202 Å². The quantitative estimate of drug-likeness (QED) is 0.161. The normalized spacial score (nSPS) is 12.2. The summed E-state index contributed by atoms with van der Waals surface area (Å²) in [5.74, 6) is 3.34. The third-order valence-corrected chi connectivity index (χ3v) is 11.1. The summed E-state index contributed by atoms with van der Waals surface area (Å²) in [6.07, 6.45) is 0. The lowest BCUT2D eigenvalue weighted by Crippen LogP contribution is -2.57. The third-order valence-electron chi connectivity index (χ3n) is 11.1. The summed E-state index contributed by atoms with van der Waals surface area (Å²) >= 11 is 0. The molecule has 0 spiro atoms. The van der Waals surface area contributed by atoms with E-state index in [-0.39, 0.29) is 6.71 Å². The van der Waals surface area contributed by atoms with Gasteiger partial charge in [-0.2, -0.15) is 0 Å². The Morgan fingerprint density at radius 1 is 0.382 bits per heavy atom. The molecule has 0 unspecified atom stereocenters. The number of nitrogens with zero attached hydrogens (tertiary/aromatic N) is 1. The van der Waals surface area contributed by atoms with Crippen LogP contribution in [0.4, 0.5) is 17.1 Å². The van der Waals surface area contributed by atoms with Gasteiger partial charge in [0.05, 0.1) is 5.69 Å². The van der Waals surface area contributed by atoms with Gasteiger partial charge in [-0.05, 0) is 106 Å². The first-order chi connectivity index (χ1) is 27.0. The maximum atomic E-state index is 7.03. The van der Waals surface area contributed by atoms with Gasteiger partial charge in [-0.1, -0.05) is 140 Å². The van der Waals surface area contributed by atoms with E-state index < -0.39 is 0 Å². The van der Waals surface area contributed by atoms with E-state index in [1.165, 1.54) is 22.3 Å². The van der Waals surface area contributed by atoms with E-state index in [1.807, 2.05) is 0 Å². The lowest BCUT2D eigenvalue weighted by Gasteiger charge is -2.36. The largest absolute Gasteiger partial charge is 0.458 e. The van der Waals surface area contributed by atoms with Gasteiger partial charge in [-0.15, -0.1) is 0 Å². The van der Waals surface area contributed by atoms with Gasteiger partial charge in [0.1, 0.15) is 23.0 Å². The fourth-order valence-electron chi connectivity index (χ4n) is 8.26. The number of anilines is 3. The van der Waals surface area contributed by atoms with Crippen molar-refractivity contribution in [1.82, 2.24) is 0 Å². The van der Waals surface area contributed by atoms with E-state index in [4.69, 9.17) is 9.47 Å². The van der Waals surface area contributed by atoms with Crippen molar-refractivity contribution >= 4 is 40.2 Å². The highest BCUT2D eigenvalue weighted by Gasteiger charge is 2.41. The van der Waals surface area contributed by atoms with Crippen molar-refractivity contribution < 1.29 is 9.47 Å². The lowest BCUT2D eigenvalue weighted by atomic mass is 9.34. The molecule has 2 heterocycles. The Hall–Kier alpha value is -6.78. The Bertz CT molecular complexity index is 2630. The molecule has 55 heavy (non-hydrogen) atoms. The summed E-state index contributed by atoms with van der Waals surface area (Å²) in [6.45, 7) is 6.48. The Morgan fingerprint density at radius 3 is 1.33 bits per heavy atom. The molecule has 2 aliphatic heterocycles. The zero-order chi connectivity index (χ0) is 37.0. The molecular formula is C51H38BNO2. The summed E-state index contributed by atoms with van der Waals surface area (Å²) in [7, 11) is 0. The van der Waals surface area contributed by atoms with Crippen LogP contribution in [0.5, 0.6) is 23.0 Å². The number of hydrogen-bond donors (Lipinski definition) is 0. The first kappa shape index (κ1) is 32.8. The monoisotopic (exact) mass is 707 g/mol. The molecule has 0 amide bonds. The second kappa shape index (κ2) is 13.3. The van der Waals surface area contributed by atoms with Crippen molar-refractivity contribution in [3.63, 3.8) is 0 Å². The summed E-state index contributed by atoms with van der Waals surface area (Å²) in [6, 6.07) is 62.8. The maximum absolute atomic E-state index is 7.03. The zero-order valence-corrected chi connectivity index (χ0v) is 31.1. The Morgan fingerprint density at radius 2 is 0.818 bits per heavy atom. The molecule has 0 fully saturated rings. The molecule has 0 atom stereocenters. The van der Waals surface area contributed by atoms with Crippen molar-refractivity contribution in [2.24, 2.45) is 0 Å². The van der Waals surface area contributed by atoms with E-state index in [9.17, 15) is 0 Å². The summed E-state index contributed by atoms with van der Waals surface area (Å²) in [4.78, 5) is 2.38. The fraction of sp³-hybridized carbons (Fsp3) is 0.0588. The van der Waals surface area contributed by atoms with Crippen LogP contribution in [0, 0.1) is 20.8 Å². The molecule has 0 saturated heterocycles. The van der Waals surface area contributed by atoms with Gasteiger partial charge in [0.15, 0.2) is 0 Å². The Kier molecular flexibility index (Phi) is 7.92. The number of ether oxygens (including phenoxy) is 2.